The first kappa shape index (κ1) is 15.7. The summed E-state index contributed by atoms with van der Waals surface area (Å²) in [6.45, 7) is 1.81. The lowest BCUT2D eigenvalue weighted by atomic mass is 10.3. The van der Waals surface area contributed by atoms with E-state index >= 15 is 0 Å². The van der Waals surface area contributed by atoms with Gasteiger partial charge in [-0.05, 0) is 24.3 Å². The number of carbonyl (C=O) groups excluding carboxylic acids is 2. The number of pyridine rings is 1. The van der Waals surface area contributed by atoms with E-state index in [1.54, 1.807) is 18.1 Å². The molecule has 0 spiro atoms. The summed E-state index contributed by atoms with van der Waals surface area (Å²) < 4.78 is 0. The highest BCUT2D eigenvalue weighted by atomic mass is 16.2. The summed E-state index contributed by atoms with van der Waals surface area (Å²) in [6.07, 6.45) is 1.67. The fraction of sp³-hybridized carbons (Fsp3) is 0.235. The zero-order valence-electron chi connectivity index (χ0n) is 12.8. The molecule has 0 saturated carbocycles. The SMILES string of the molecule is CC(=O)N(CC(=O)N(C)c1ccccc1)Cc1ccccn1. The molecule has 1 heterocycles. The van der Waals surface area contributed by atoms with E-state index < -0.39 is 0 Å². The molecule has 0 bridgehead atoms. The first-order chi connectivity index (χ1) is 10.6. The van der Waals surface area contributed by atoms with Crippen molar-refractivity contribution in [2.75, 3.05) is 18.5 Å². The Bertz CT molecular complexity index is 629. The Kier molecular flexibility index (Phi) is 5.25. The van der Waals surface area contributed by atoms with Crippen LogP contribution >= 0.6 is 0 Å². The van der Waals surface area contributed by atoms with Gasteiger partial charge in [0.2, 0.25) is 11.8 Å². The van der Waals surface area contributed by atoms with Crippen LogP contribution in [0.2, 0.25) is 0 Å². The van der Waals surface area contributed by atoms with Gasteiger partial charge in [-0.1, -0.05) is 24.3 Å². The standard InChI is InChI=1S/C17H19N3O2/c1-14(21)20(12-15-8-6-7-11-18-15)13-17(22)19(2)16-9-4-3-5-10-16/h3-11H,12-13H2,1-2H3. The molecule has 0 N–H and O–H groups in total. The number of para-hydroxylation sites is 1. The molecule has 0 saturated heterocycles. The second-order valence-electron chi connectivity index (χ2n) is 4.98. The summed E-state index contributed by atoms with van der Waals surface area (Å²) in [7, 11) is 1.71. The number of carbonyl (C=O) groups is 2. The normalized spacial score (nSPS) is 10.1. The van der Waals surface area contributed by atoms with Gasteiger partial charge in [0.15, 0.2) is 0 Å². The van der Waals surface area contributed by atoms with E-state index in [0.717, 1.165) is 11.4 Å². The smallest absolute Gasteiger partial charge is 0.246 e. The van der Waals surface area contributed by atoms with E-state index in [1.165, 1.54) is 11.8 Å². The van der Waals surface area contributed by atoms with Crippen LogP contribution in [0.3, 0.4) is 0 Å². The largest absolute Gasteiger partial charge is 0.328 e. The number of anilines is 1. The van der Waals surface area contributed by atoms with E-state index in [4.69, 9.17) is 0 Å². The first-order valence-electron chi connectivity index (χ1n) is 7.05. The molecule has 114 valence electrons. The van der Waals surface area contributed by atoms with E-state index in [-0.39, 0.29) is 18.4 Å². The molecule has 0 fully saturated rings. The molecular weight excluding hydrogens is 278 g/mol. The topological polar surface area (TPSA) is 53.5 Å². The maximum atomic E-state index is 12.4. The number of likely N-dealkylation sites (N-methyl/N-ethyl adjacent to an activating group) is 1. The fourth-order valence-corrected chi connectivity index (χ4v) is 2.03. The van der Waals surface area contributed by atoms with Crippen molar-refractivity contribution in [3.05, 3.63) is 60.4 Å². The number of hydrogen-bond donors (Lipinski definition) is 0. The minimum atomic E-state index is -0.152. The van der Waals surface area contributed by atoms with Crippen LogP contribution in [0.1, 0.15) is 12.6 Å². The molecule has 0 aliphatic heterocycles. The van der Waals surface area contributed by atoms with E-state index in [9.17, 15) is 9.59 Å². The molecule has 2 amide bonds. The number of amides is 2. The highest BCUT2D eigenvalue weighted by Gasteiger charge is 2.18. The van der Waals surface area contributed by atoms with Gasteiger partial charge in [0.1, 0.15) is 6.54 Å². The summed E-state index contributed by atoms with van der Waals surface area (Å²) >= 11 is 0. The second-order valence-corrected chi connectivity index (χ2v) is 4.98. The average Bonchev–Trinajstić information content (AvgIpc) is 2.55. The van der Waals surface area contributed by atoms with Gasteiger partial charge in [0.25, 0.3) is 0 Å². The maximum Gasteiger partial charge on any atom is 0.246 e. The van der Waals surface area contributed by atoms with Gasteiger partial charge >= 0.3 is 0 Å². The molecule has 1 aromatic carbocycles. The Balaban J connectivity index is 2.04. The molecule has 0 unspecified atom stereocenters. The average molecular weight is 297 g/mol. The van der Waals surface area contributed by atoms with Crippen LogP contribution in [0.5, 0.6) is 0 Å². The number of benzene rings is 1. The third-order valence-electron chi connectivity index (χ3n) is 3.37. The summed E-state index contributed by atoms with van der Waals surface area (Å²) in [5.74, 6) is -0.294. The predicted molar refractivity (Wildman–Crippen MR) is 85.2 cm³/mol. The van der Waals surface area contributed by atoms with Gasteiger partial charge in [-0.3, -0.25) is 14.6 Å². The fourth-order valence-electron chi connectivity index (χ4n) is 2.03. The van der Waals surface area contributed by atoms with Crippen molar-refractivity contribution in [1.82, 2.24) is 9.88 Å². The van der Waals surface area contributed by atoms with Crippen molar-refractivity contribution in [3.8, 4) is 0 Å². The van der Waals surface area contributed by atoms with Crippen molar-refractivity contribution in [2.24, 2.45) is 0 Å². The van der Waals surface area contributed by atoms with Gasteiger partial charge in [-0.25, -0.2) is 0 Å². The Labute approximate surface area is 130 Å². The van der Waals surface area contributed by atoms with Crippen LogP contribution in [-0.2, 0) is 16.1 Å². The Morgan fingerprint density at radius 1 is 1.05 bits per heavy atom. The highest BCUT2D eigenvalue weighted by Crippen LogP contribution is 2.12. The Morgan fingerprint density at radius 3 is 2.32 bits per heavy atom. The number of aromatic nitrogens is 1. The van der Waals surface area contributed by atoms with Crippen molar-refractivity contribution < 1.29 is 9.59 Å². The van der Waals surface area contributed by atoms with Crippen molar-refractivity contribution in [3.63, 3.8) is 0 Å². The summed E-state index contributed by atoms with van der Waals surface area (Å²) in [4.78, 5) is 31.4. The third-order valence-corrected chi connectivity index (χ3v) is 3.37. The molecule has 2 rings (SSSR count). The van der Waals surface area contributed by atoms with Crippen LogP contribution in [0, 0.1) is 0 Å². The van der Waals surface area contributed by atoms with Gasteiger partial charge in [-0.15, -0.1) is 0 Å². The van der Waals surface area contributed by atoms with Crippen LogP contribution in [-0.4, -0.2) is 35.3 Å². The summed E-state index contributed by atoms with van der Waals surface area (Å²) in [5.41, 5.74) is 1.56. The highest BCUT2D eigenvalue weighted by molar-refractivity contribution is 5.95. The maximum absolute atomic E-state index is 12.4. The first-order valence-corrected chi connectivity index (χ1v) is 7.05. The zero-order valence-corrected chi connectivity index (χ0v) is 12.8. The minimum absolute atomic E-state index is 0.0251. The van der Waals surface area contributed by atoms with Crippen molar-refractivity contribution in [1.29, 1.82) is 0 Å². The number of hydrogen-bond acceptors (Lipinski definition) is 3. The molecular formula is C17H19N3O2. The molecule has 5 nitrogen and oxygen atoms in total. The van der Waals surface area contributed by atoms with Crippen molar-refractivity contribution >= 4 is 17.5 Å². The molecule has 2 aromatic rings. The lowest BCUT2D eigenvalue weighted by Gasteiger charge is -2.24. The minimum Gasteiger partial charge on any atom is -0.328 e. The van der Waals surface area contributed by atoms with Gasteiger partial charge in [0, 0.05) is 25.9 Å². The molecule has 5 heteroatoms. The third kappa shape index (κ3) is 4.15. The summed E-state index contributed by atoms with van der Waals surface area (Å²) in [6, 6.07) is 14.9. The van der Waals surface area contributed by atoms with Crippen LogP contribution in [0.4, 0.5) is 5.69 Å². The predicted octanol–water partition coefficient (Wildman–Crippen LogP) is 2.09. The van der Waals surface area contributed by atoms with E-state index in [0.29, 0.717) is 6.54 Å². The molecule has 0 aliphatic rings. The lowest BCUT2D eigenvalue weighted by molar-refractivity contribution is -0.134. The lowest BCUT2D eigenvalue weighted by Crippen LogP contribution is -2.40. The van der Waals surface area contributed by atoms with Gasteiger partial charge < -0.3 is 9.80 Å². The summed E-state index contributed by atoms with van der Waals surface area (Å²) in [5, 5.41) is 0. The van der Waals surface area contributed by atoms with E-state index in [1.807, 2.05) is 48.5 Å². The molecule has 0 aliphatic carbocycles. The van der Waals surface area contributed by atoms with Crippen molar-refractivity contribution in [2.45, 2.75) is 13.5 Å². The monoisotopic (exact) mass is 297 g/mol. The van der Waals surface area contributed by atoms with E-state index in [2.05, 4.69) is 4.98 Å². The van der Waals surface area contributed by atoms with Crippen LogP contribution < -0.4 is 4.90 Å². The molecule has 0 atom stereocenters. The molecule has 0 radical (unpaired) electrons. The zero-order chi connectivity index (χ0) is 15.9. The second kappa shape index (κ2) is 7.36. The van der Waals surface area contributed by atoms with Crippen LogP contribution in [0.15, 0.2) is 54.7 Å². The van der Waals surface area contributed by atoms with Crippen LogP contribution in [0.25, 0.3) is 0 Å². The molecule has 1 aromatic heterocycles. The van der Waals surface area contributed by atoms with Gasteiger partial charge in [-0.2, -0.15) is 0 Å². The number of nitrogens with zero attached hydrogens (tertiary/aromatic N) is 3. The quantitative estimate of drug-likeness (QED) is 0.849. The number of rotatable bonds is 5. The Morgan fingerprint density at radius 2 is 1.73 bits per heavy atom. The van der Waals surface area contributed by atoms with Gasteiger partial charge in [0.05, 0.1) is 12.2 Å². The molecule has 22 heavy (non-hydrogen) atoms. The Hall–Kier alpha value is -2.69.